The number of carbonyl (C=O) groups is 4. The molecule has 0 radical (unpaired) electrons. The molecule has 0 rings (SSSR count). The normalized spacial score (nSPS) is 11.6. The van der Waals surface area contributed by atoms with Crippen molar-refractivity contribution in [3.63, 3.8) is 0 Å². The Kier molecular flexibility index (Phi) is 7.92. The van der Waals surface area contributed by atoms with Crippen LogP contribution in [-0.4, -0.2) is 43.5 Å². The summed E-state index contributed by atoms with van der Waals surface area (Å²) in [4.78, 5) is 47.6. The number of methoxy groups -OCH3 is 2. The van der Waals surface area contributed by atoms with E-state index in [-0.39, 0.29) is 25.7 Å². The second-order valence-electron chi connectivity index (χ2n) is 6.29. The summed E-state index contributed by atoms with van der Waals surface area (Å²) < 4.78 is 14.4. The van der Waals surface area contributed by atoms with Gasteiger partial charge in [0.1, 0.15) is 16.8 Å². The highest BCUT2D eigenvalue weighted by atomic mass is 16.6. The molecule has 0 aliphatic heterocycles. The van der Waals surface area contributed by atoms with Crippen molar-refractivity contribution < 1.29 is 33.4 Å². The van der Waals surface area contributed by atoms with E-state index in [0.29, 0.717) is 0 Å². The Morgan fingerprint density at radius 2 is 1.22 bits per heavy atom. The van der Waals surface area contributed by atoms with Crippen molar-refractivity contribution >= 4 is 23.7 Å². The molecule has 0 unspecified atom stereocenters. The van der Waals surface area contributed by atoms with E-state index < -0.39 is 34.7 Å². The van der Waals surface area contributed by atoms with Crippen molar-refractivity contribution in [2.75, 3.05) is 14.2 Å². The molecule has 0 saturated carbocycles. The van der Waals surface area contributed by atoms with Crippen LogP contribution in [0.1, 0.15) is 53.4 Å². The summed E-state index contributed by atoms with van der Waals surface area (Å²) in [5.74, 6) is -2.29. The van der Waals surface area contributed by atoms with Gasteiger partial charge >= 0.3 is 17.9 Å². The quantitative estimate of drug-likeness (QED) is 0.380. The molecule has 0 aromatic rings. The van der Waals surface area contributed by atoms with Crippen LogP contribution in [0.25, 0.3) is 0 Å². The second kappa shape index (κ2) is 8.64. The molecule has 0 fully saturated rings. The molecular weight excluding hydrogens is 304 g/mol. The lowest BCUT2D eigenvalue weighted by atomic mass is 9.75. The number of rotatable bonds is 8. The van der Waals surface area contributed by atoms with E-state index >= 15 is 0 Å². The van der Waals surface area contributed by atoms with Gasteiger partial charge in [0.05, 0.1) is 14.2 Å². The standard InChI is InChI=1S/C16H26O7/c1-11(17)16(9-7-12(18)21-5,10-8-13(19)22-6)14(20)23-15(2,3)4/h7-10H2,1-6H3. The van der Waals surface area contributed by atoms with E-state index in [1.165, 1.54) is 21.1 Å². The van der Waals surface area contributed by atoms with E-state index in [0.717, 1.165) is 0 Å². The highest BCUT2D eigenvalue weighted by Gasteiger charge is 2.46. The van der Waals surface area contributed by atoms with E-state index in [1.54, 1.807) is 20.8 Å². The molecule has 7 nitrogen and oxygen atoms in total. The Labute approximate surface area is 136 Å². The van der Waals surface area contributed by atoms with Crippen LogP contribution in [0.15, 0.2) is 0 Å². The van der Waals surface area contributed by atoms with Crippen LogP contribution in [0.4, 0.5) is 0 Å². The maximum Gasteiger partial charge on any atom is 0.320 e. The molecule has 23 heavy (non-hydrogen) atoms. The maximum absolute atomic E-state index is 12.6. The zero-order valence-electron chi connectivity index (χ0n) is 14.7. The summed E-state index contributed by atoms with van der Waals surface area (Å²) in [6.45, 7) is 6.28. The molecular formula is C16H26O7. The fourth-order valence-electron chi connectivity index (χ4n) is 2.04. The predicted octanol–water partition coefficient (Wildman–Crippen LogP) is 1.81. The van der Waals surface area contributed by atoms with Gasteiger partial charge in [-0.05, 0) is 40.5 Å². The lowest BCUT2D eigenvalue weighted by Gasteiger charge is -2.32. The molecule has 0 aromatic heterocycles. The Morgan fingerprint density at radius 1 is 0.826 bits per heavy atom. The van der Waals surface area contributed by atoms with E-state index in [2.05, 4.69) is 9.47 Å². The van der Waals surface area contributed by atoms with Gasteiger partial charge in [-0.2, -0.15) is 0 Å². The molecule has 0 amide bonds. The maximum atomic E-state index is 12.6. The first-order valence-corrected chi connectivity index (χ1v) is 7.36. The minimum Gasteiger partial charge on any atom is -0.469 e. The largest absolute Gasteiger partial charge is 0.469 e. The highest BCUT2D eigenvalue weighted by Crippen LogP contribution is 2.34. The second-order valence-corrected chi connectivity index (χ2v) is 6.29. The van der Waals surface area contributed by atoms with Crippen LogP contribution >= 0.6 is 0 Å². The van der Waals surface area contributed by atoms with Gasteiger partial charge in [-0.1, -0.05) is 0 Å². The van der Waals surface area contributed by atoms with Crippen molar-refractivity contribution in [3.05, 3.63) is 0 Å². The molecule has 0 aromatic carbocycles. The van der Waals surface area contributed by atoms with Crippen LogP contribution in [0.5, 0.6) is 0 Å². The molecule has 0 N–H and O–H groups in total. The third-order valence-corrected chi connectivity index (χ3v) is 3.43. The topological polar surface area (TPSA) is 96.0 Å². The van der Waals surface area contributed by atoms with E-state index in [4.69, 9.17) is 4.74 Å². The van der Waals surface area contributed by atoms with Crippen molar-refractivity contribution in [1.29, 1.82) is 0 Å². The summed E-state index contributed by atoms with van der Waals surface area (Å²) in [6.07, 6.45) is -0.422. The molecule has 7 heteroatoms. The highest BCUT2D eigenvalue weighted by molar-refractivity contribution is 6.03. The zero-order valence-corrected chi connectivity index (χ0v) is 14.7. The van der Waals surface area contributed by atoms with Gasteiger partial charge in [-0.25, -0.2) is 0 Å². The molecule has 0 spiro atoms. The SMILES string of the molecule is COC(=O)CCC(CCC(=O)OC)(C(C)=O)C(=O)OC(C)(C)C. The van der Waals surface area contributed by atoms with Gasteiger partial charge in [-0.3, -0.25) is 19.2 Å². The molecule has 0 atom stereocenters. The molecule has 0 bridgehead atoms. The minimum absolute atomic E-state index is 0.0824. The number of hydrogen-bond donors (Lipinski definition) is 0. The van der Waals surface area contributed by atoms with Gasteiger partial charge in [0.25, 0.3) is 0 Å². The predicted molar refractivity (Wildman–Crippen MR) is 81.5 cm³/mol. The Balaban J connectivity index is 5.47. The third-order valence-electron chi connectivity index (χ3n) is 3.43. The summed E-state index contributed by atoms with van der Waals surface area (Å²) in [7, 11) is 2.44. The Bertz CT molecular complexity index is 440. The van der Waals surface area contributed by atoms with Gasteiger partial charge in [0.2, 0.25) is 0 Å². The molecule has 0 aliphatic carbocycles. The van der Waals surface area contributed by atoms with Crippen molar-refractivity contribution in [2.24, 2.45) is 5.41 Å². The van der Waals surface area contributed by atoms with Gasteiger partial charge < -0.3 is 14.2 Å². The van der Waals surface area contributed by atoms with Gasteiger partial charge in [-0.15, -0.1) is 0 Å². The summed E-state index contributed by atoms with van der Waals surface area (Å²) in [5, 5.41) is 0. The van der Waals surface area contributed by atoms with Crippen molar-refractivity contribution in [2.45, 2.75) is 59.0 Å². The zero-order chi connectivity index (χ0) is 18.3. The average Bonchev–Trinajstić information content (AvgIpc) is 2.44. The van der Waals surface area contributed by atoms with E-state index in [1.807, 2.05) is 0 Å². The number of esters is 3. The molecule has 132 valence electrons. The number of carbonyl (C=O) groups excluding carboxylic acids is 4. The molecule has 0 heterocycles. The fourth-order valence-corrected chi connectivity index (χ4v) is 2.04. The van der Waals surface area contributed by atoms with Crippen molar-refractivity contribution in [3.8, 4) is 0 Å². The van der Waals surface area contributed by atoms with Gasteiger partial charge in [0.15, 0.2) is 0 Å². The van der Waals surface area contributed by atoms with Crippen LogP contribution < -0.4 is 0 Å². The Hall–Kier alpha value is -1.92. The van der Waals surface area contributed by atoms with Gasteiger partial charge in [0, 0.05) is 12.8 Å². The average molecular weight is 330 g/mol. The van der Waals surface area contributed by atoms with Crippen molar-refractivity contribution in [1.82, 2.24) is 0 Å². The fraction of sp³-hybridized carbons (Fsp3) is 0.750. The summed E-state index contributed by atoms with van der Waals surface area (Å²) >= 11 is 0. The summed E-state index contributed by atoms with van der Waals surface area (Å²) in [5.41, 5.74) is -2.37. The van der Waals surface area contributed by atoms with Crippen LogP contribution in [0.3, 0.4) is 0 Å². The van der Waals surface area contributed by atoms with Crippen LogP contribution in [0.2, 0.25) is 0 Å². The van der Waals surface area contributed by atoms with Crippen LogP contribution in [-0.2, 0) is 33.4 Å². The number of Topliss-reactive ketones (excluding diaryl/α,β-unsaturated/α-hetero) is 1. The van der Waals surface area contributed by atoms with Crippen LogP contribution in [0, 0.1) is 5.41 Å². The monoisotopic (exact) mass is 330 g/mol. The minimum atomic E-state index is -1.57. The number of hydrogen-bond acceptors (Lipinski definition) is 7. The molecule has 0 saturated heterocycles. The molecule has 0 aliphatic rings. The Morgan fingerprint density at radius 3 is 1.48 bits per heavy atom. The smallest absolute Gasteiger partial charge is 0.320 e. The first-order valence-electron chi connectivity index (χ1n) is 7.36. The number of ketones is 1. The summed E-state index contributed by atoms with van der Waals surface area (Å²) in [6, 6.07) is 0. The lowest BCUT2D eigenvalue weighted by molar-refractivity contribution is -0.171. The first-order chi connectivity index (χ1) is 10.5. The third kappa shape index (κ3) is 6.80. The number of ether oxygens (including phenoxy) is 3. The van der Waals surface area contributed by atoms with E-state index in [9.17, 15) is 19.2 Å². The lowest BCUT2D eigenvalue weighted by Crippen LogP contribution is -2.43. The first kappa shape index (κ1) is 21.1.